The Labute approximate surface area is 272 Å². The van der Waals surface area contributed by atoms with Crippen LogP contribution in [0.2, 0.25) is 0 Å². The Hall–Kier alpha value is -6.04. The molecule has 6 aromatic carbocycles. The van der Waals surface area contributed by atoms with Crippen LogP contribution in [-0.2, 0) is 0 Å². The third-order valence-electron chi connectivity index (χ3n) is 8.94. The molecule has 2 unspecified atom stereocenters. The third-order valence-corrected chi connectivity index (χ3v) is 8.94. The molecule has 3 heterocycles. The average Bonchev–Trinajstić information content (AvgIpc) is 3.51. The topological polar surface area (TPSA) is 64.5 Å². The van der Waals surface area contributed by atoms with Gasteiger partial charge in [-0.05, 0) is 74.7 Å². The van der Waals surface area contributed by atoms with Gasteiger partial charge < -0.3 is 20.0 Å². The minimum absolute atomic E-state index is 0.210. The summed E-state index contributed by atoms with van der Waals surface area (Å²) in [5.74, 6) is 0.747. The van der Waals surface area contributed by atoms with E-state index in [1.165, 1.54) is 0 Å². The van der Waals surface area contributed by atoms with E-state index in [0.717, 1.165) is 77.5 Å². The highest BCUT2D eigenvalue weighted by atomic mass is 16.3. The first-order valence-electron chi connectivity index (χ1n) is 15.8. The van der Waals surface area contributed by atoms with E-state index in [2.05, 4.69) is 113 Å². The highest BCUT2D eigenvalue weighted by Crippen LogP contribution is 2.42. The maximum absolute atomic E-state index is 6.55. The number of fused-ring (bicyclic) bond motifs is 4. The van der Waals surface area contributed by atoms with Crippen molar-refractivity contribution in [3.63, 3.8) is 0 Å². The van der Waals surface area contributed by atoms with Crippen molar-refractivity contribution in [1.29, 1.82) is 0 Å². The molecule has 1 aliphatic rings. The van der Waals surface area contributed by atoms with Crippen LogP contribution in [0.5, 0.6) is 0 Å². The molecule has 224 valence electrons. The molecule has 1 N–H and O–H groups in total. The summed E-state index contributed by atoms with van der Waals surface area (Å²) in [6, 6.07) is 50.6. The third kappa shape index (κ3) is 5.03. The minimum atomic E-state index is -0.257. The highest BCUT2D eigenvalue weighted by Gasteiger charge is 2.20. The Kier molecular flexibility index (Phi) is 6.61. The number of rotatable bonds is 5. The second-order valence-electron chi connectivity index (χ2n) is 11.9. The van der Waals surface area contributed by atoms with Crippen molar-refractivity contribution >= 4 is 38.5 Å². The van der Waals surface area contributed by atoms with Crippen LogP contribution >= 0.6 is 0 Å². The van der Waals surface area contributed by atoms with E-state index >= 15 is 0 Å². The Morgan fingerprint density at radius 2 is 1.30 bits per heavy atom. The molecule has 0 radical (unpaired) electrons. The van der Waals surface area contributed by atoms with Gasteiger partial charge in [-0.1, -0.05) is 121 Å². The van der Waals surface area contributed by atoms with Gasteiger partial charge in [0.05, 0.1) is 0 Å². The van der Waals surface area contributed by atoms with Crippen LogP contribution < -0.4 is 5.32 Å². The summed E-state index contributed by atoms with van der Waals surface area (Å²) < 4.78 is 6.55. The zero-order valence-corrected chi connectivity index (χ0v) is 25.4. The minimum Gasteiger partial charge on any atom is -0.456 e. The van der Waals surface area contributed by atoms with E-state index in [9.17, 15) is 0 Å². The van der Waals surface area contributed by atoms with Crippen molar-refractivity contribution < 1.29 is 4.42 Å². The molecule has 1 aliphatic heterocycles. The van der Waals surface area contributed by atoms with Crippen molar-refractivity contribution in [2.24, 2.45) is 4.99 Å². The van der Waals surface area contributed by atoms with Gasteiger partial charge in [0.1, 0.15) is 11.2 Å². The highest BCUT2D eigenvalue weighted by molar-refractivity contribution is 6.16. The molecule has 0 amide bonds. The zero-order valence-electron chi connectivity index (χ0n) is 25.4. The van der Waals surface area contributed by atoms with E-state index in [1.54, 1.807) is 0 Å². The summed E-state index contributed by atoms with van der Waals surface area (Å²) in [7, 11) is 0. The summed E-state index contributed by atoms with van der Waals surface area (Å²) in [5, 5.41) is 13.1. The van der Waals surface area contributed by atoms with Crippen LogP contribution in [0.4, 0.5) is 0 Å². The van der Waals surface area contributed by atoms with E-state index in [0.29, 0.717) is 0 Å². The van der Waals surface area contributed by atoms with Gasteiger partial charge in [-0.25, -0.2) is 0 Å². The molecule has 0 fully saturated rings. The Balaban J connectivity index is 1.17. The fourth-order valence-corrected chi connectivity index (χ4v) is 6.57. The molecule has 5 nitrogen and oxygen atoms in total. The Morgan fingerprint density at radius 1 is 0.574 bits per heavy atom. The molecule has 2 aromatic heterocycles. The maximum atomic E-state index is 6.55. The molecule has 0 saturated heterocycles. The summed E-state index contributed by atoms with van der Waals surface area (Å²) in [4.78, 5) is 9.41. The molecular formula is C42H29N4O-. The zero-order chi connectivity index (χ0) is 31.2. The smallest absolute Gasteiger partial charge is 0.136 e. The fourth-order valence-electron chi connectivity index (χ4n) is 6.57. The van der Waals surface area contributed by atoms with E-state index in [-0.39, 0.29) is 12.3 Å². The van der Waals surface area contributed by atoms with Crippen LogP contribution in [-0.4, -0.2) is 10.8 Å². The lowest BCUT2D eigenvalue weighted by Crippen LogP contribution is -2.31. The van der Waals surface area contributed by atoms with Crippen LogP contribution in [0, 0.1) is 0 Å². The SMILES string of the molecule is c1ccc(C2=NC(c3ccc(-c4cc(-c5ccccc5)cc5oc6cc7cnccc7cc6c45)cc3)NC(c3ccccc3)[N-]2)cc1. The summed E-state index contributed by atoms with van der Waals surface area (Å²) in [6.07, 6.45) is 3.26. The molecule has 2 atom stereocenters. The molecule has 47 heavy (non-hydrogen) atoms. The van der Waals surface area contributed by atoms with Gasteiger partial charge in [-0.15, -0.1) is 0 Å². The van der Waals surface area contributed by atoms with Gasteiger partial charge in [0.25, 0.3) is 0 Å². The quantitative estimate of drug-likeness (QED) is 0.212. The maximum Gasteiger partial charge on any atom is 0.136 e. The normalized spacial score (nSPS) is 16.3. The summed E-state index contributed by atoms with van der Waals surface area (Å²) in [5.41, 5.74) is 9.40. The van der Waals surface area contributed by atoms with Gasteiger partial charge in [0, 0.05) is 40.9 Å². The number of nitrogens with one attached hydrogen (secondary N) is 1. The molecule has 8 aromatic rings. The number of aromatic nitrogens is 1. The number of nitrogens with zero attached hydrogens (tertiary/aromatic N) is 3. The Bertz CT molecular complexity index is 2400. The van der Waals surface area contributed by atoms with Crippen LogP contribution in [0.15, 0.2) is 167 Å². The van der Waals surface area contributed by atoms with Crippen molar-refractivity contribution in [1.82, 2.24) is 10.3 Å². The average molecular weight is 606 g/mol. The lowest BCUT2D eigenvalue weighted by atomic mass is 9.93. The molecule has 0 saturated carbocycles. The molecule has 0 bridgehead atoms. The van der Waals surface area contributed by atoms with E-state index < -0.39 is 0 Å². The number of hydrogen-bond acceptors (Lipinski definition) is 4. The summed E-state index contributed by atoms with van der Waals surface area (Å²) >= 11 is 0. The summed E-state index contributed by atoms with van der Waals surface area (Å²) in [6.45, 7) is 0. The van der Waals surface area contributed by atoms with E-state index in [1.807, 2.05) is 54.9 Å². The first-order valence-corrected chi connectivity index (χ1v) is 15.8. The van der Waals surface area contributed by atoms with Crippen LogP contribution in [0.25, 0.3) is 60.3 Å². The molecule has 5 heteroatoms. The van der Waals surface area contributed by atoms with Crippen molar-refractivity contribution in [3.05, 3.63) is 180 Å². The lowest BCUT2D eigenvalue weighted by molar-refractivity contribution is 0.488. The lowest BCUT2D eigenvalue weighted by Gasteiger charge is -2.40. The molecule has 0 aliphatic carbocycles. The van der Waals surface area contributed by atoms with Gasteiger partial charge in [-0.2, -0.15) is 0 Å². The predicted molar refractivity (Wildman–Crippen MR) is 191 cm³/mol. The van der Waals surface area contributed by atoms with Crippen molar-refractivity contribution in [2.45, 2.75) is 12.3 Å². The van der Waals surface area contributed by atoms with Crippen molar-refractivity contribution in [3.8, 4) is 22.3 Å². The standard InChI is InChI=1S/C42H29N4O/c1-4-10-27(11-5-1)33-23-35(39-36-22-32-20-21-43-26-34(32)25-37(36)47-38(39)24-33)28-16-18-31(19-17-28)42-45-40(29-12-6-2-7-13-29)44-41(46-42)30-14-8-3-9-15-30/h1-26,40,42,45H/q-1. The second-order valence-corrected chi connectivity index (χ2v) is 11.9. The van der Waals surface area contributed by atoms with Gasteiger partial charge >= 0.3 is 0 Å². The van der Waals surface area contributed by atoms with Crippen LogP contribution in [0.1, 0.15) is 29.0 Å². The molecule has 0 spiro atoms. The van der Waals surface area contributed by atoms with Gasteiger partial charge in [0.15, 0.2) is 0 Å². The number of hydrogen-bond donors (Lipinski definition) is 1. The van der Waals surface area contributed by atoms with Crippen LogP contribution in [0.3, 0.4) is 0 Å². The number of amidine groups is 1. The fraction of sp³-hybridized carbons (Fsp3) is 0.0476. The monoisotopic (exact) mass is 605 g/mol. The first-order chi connectivity index (χ1) is 23.3. The largest absolute Gasteiger partial charge is 0.456 e. The molecular weight excluding hydrogens is 576 g/mol. The number of pyridine rings is 1. The molecule has 9 rings (SSSR count). The number of furan rings is 1. The van der Waals surface area contributed by atoms with Gasteiger partial charge in [0.2, 0.25) is 0 Å². The van der Waals surface area contributed by atoms with Crippen molar-refractivity contribution in [2.75, 3.05) is 0 Å². The van der Waals surface area contributed by atoms with E-state index in [4.69, 9.17) is 14.7 Å². The second kappa shape index (κ2) is 11.4. The number of benzene rings is 6. The number of aliphatic imine (C=N–C) groups is 1. The first kappa shape index (κ1) is 27.3. The van der Waals surface area contributed by atoms with Gasteiger partial charge in [-0.3, -0.25) is 4.98 Å². The predicted octanol–water partition coefficient (Wildman–Crippen LogP) is 10.6. The Morgan fingerprint density at radius 3 is 2.06 bits per heavy atom.